The summed E-state index contributed by atoms with van der Waals surface area (Å²) in [4.78, 5) is 0. The van der Waals surface area contributed by atoms with Crippen LogP contribution in [0.4, 0.5) is 0 Å². The first kappa shape index (κ1) is 27.2. The Bertz CT molecular complexity index is 862. The van der Waals surface area contributed by atoms with Crippen LogP contribution in [0.2, 0.25) is 0 Å². The lowest BCUT2D eigenvalue weighted by atomic mass is 10.1. The van der Waals surface area contributed by atoms with E-state index in [0.717, 1.165) is 58.7 Å². The second-order valence-corrected chi connectivity index (χ2v) is 10.2. The molecule has 0 amide bonds. The summed E-state index contributed by atoms with van der Waals surface area (Å²) in [5, 5.41) is 10.7. The van der Waals surface area contributed by atoms with Crippen molar-refractivity contribution < 1.29 is 9.47 Å². The van der Waals surface area contributed by atoms with Crippen LogP contribution in [0.5, 0.6) is 11.5 Å². The SMILES string of the molecule is CCCCCCCCOc1ccc(-c2nnc(-c3ccc(OCCCCCCCC)cc3)s2)cc1. The molecule has 5 heteroatoms. The molecule has 1 aromatic heterocycles. The largest absolute Gasteiger partial charge is 0.494 e. The molecular weight excluding hydrogens is 452 g/mol. The molecule has 35 heavy (non-hydrogen) atoms. The Morgan fingerprint density at radius 3 is 1.29 bits per heavy atom. The third-order valence-corrected chi connectivity index (χ3v) is 7.18. The number of benzene rings is 2. The zero-order chi connectivity index (χ0) is 24.6. The van der Waals surface area contributed by atoms with Gasteiger partial charge in [0.2, 0.25) is 0 Å². The molecule has 190 valence electrons. The van der Waals surface area contributed by atoms with Crippen molar-refractivity contribution in [1.29, 1.82) is 0 Å². The molecular formula is C30H42N2O2S. The lowest BCUT2D eigenvalue weighted by Crippen LogP contribution is -1.97. The summed E-state index contributed by atoms with van der Waals surface area (Å²) in [6, 6.07) is 16.4. The summed E-state index contributed by atoms with van der Waals surface area (Å²) < 4.78 is 11.8. The van der Waals surface area contributed by atoms with Gasteiger partial charge in [-0.05, 0) is 61.4 Å². The van der Waals surface area contributed by atoms with E-state index in [-0.39, 0.29) is 0 Å². The standard InChI is InChI=1S/C30H42N2O2S/c1-3-5-7-9-11-13-23-33-27-19-15-25(16-20-27)29-31-32-30(35-29)26-17-21-28(22-18-26)34-24-14-12-10-8-6-4-2/h15-22H,3-14,23-24H2,1-2H3. The minimum absolute atomic E-state index is 0.785. The van der Waals surface area contributed by atoms with Crippen LogP contribution < -0.4 is 9.47 Å². The van der Waals surface area contributed by atoms with Crippen LogP contribution in [0.3, 0.4) is 0 Å². The molecule has 4 nitrogen and oxygen atoms in total. The van der Waals surface area contributed by atoms with Crippen LogP contribution in [0.15, 0.2) is 48.5 Å². The molecule has 0 atom stereocenters. The Labute approximate surface area is 216 Å². The molecule has 2 aromatic carbocycles. The average molecular weight is 495 g/mol. The van der Waals surface area contributed by atoms with Gasteiger partial charge in [0.25, 0.3) is 0 Å². The number of rotatable bonds is 18. The highest BCUT2D eigenvalue weighted by atomic mass is 32.1. The molecule has 0 unspecified atom stereocenters. The van der Waals surface area contributed by atoms with Crippen molar-refractivity contribution >= 4 is 11.3 Å². The summed E-state index contributed by atoms with van der Waals surface area (Å²) >= 11 is 1.61. The van der Waals surface area contributed by atoms with Gasteiger partial charge in [0, 0.05) is 11.1 Å². The van der Waals surface area contributed by atoms with Crippen LogP contribution in [0.25, 0.3) is 21.1 Å². The van der Waals surface area contributed by atoms with E-state index in [2.05, 4.69) is 48.3 Å². The molecule has 0 fully saturated rings. The fourth-order valence-corrected chi connectivity index (χ4v) is 4.84. The molecule has 0 aliphatic heterocycles. The zero-order valence-electron chi connectivity index (χ0n) is 21.6. The summed E-state index contributed by atoms with van der Waals surface area (Å²) in [5.74, 6) is 1.84. The van der Waals surface area contributed by atoms with E-state index in [9.17, 15) is 0 Å². The van der Waals surface area contributed by atoms with E-state index < -0.39 is 0 Å². The molecule has 0 bridgehead atoms. The number of hydrogen-bond acceptors (Lipinski definition) is 5. The smallest absolute Gasteiger partial charge is 0.148 e. The van der Waals surface area contributed by atoms with Gasteiger partial charge < -0.3 is 9.47 Å². The highest BCUT2D eigenvalue weighted by Crippen LogP contribution is 2.31. The molecule has 0 saturated carbocycles. The highest BCUT2D eigenvalue weighted by Gasteiger charge is 2.09. The topological polar surface area (TPSA) is 44.2 Å². The van der Waals surface area contributed by atoms with Crippen LogP contribution in [0, 0.1) is 0 Å². The number of aromatic nitrogens is 2. The van der Waals surface area contributed by atoms with Gasteiger partial charge in [-0.2, -0.15) is 0 Å². The third kappa shape index (κ3) is 10.0. The normalized spacial score (nSPS) is 11.0. The van der Waals surface area contributed by atoms with Gasteiger partial charge in [-0.15, -0.1) is 10.2 Å². The van der Waals surface area contributed by atoms with Gasteiger partial charge in [-0.25, -0.2) is 0 Å². The zero-order valence-corrected chi connectivity index (χ0v) is 22.5. The summed E-state index contributed by atoms with van der Waals surface area (Å²) in [5.41, 5.74) is 2.14. The third-order valence-electron chi connectivity index (χ3n) is 6.16. The first-order valence-corrected chi connectivity index (χ1v) is 14.4. The fourth-order valence-electron chi connectivity index (χ4n) is 3.99. The Hall–Kier alpha value is -2.40. The number of hydrogen-bond donors (Lipinski definition) is 0. The Kier molecular flexibility index (Phi) is 12.7. The number of unbranched alkanes of at least 4 members (excludes halogenated alkanes) is 10. The average Bonchev–Trinajstić information content (AvgIpc) is 3.39. The van der Waals surface area contributed by atoms with Crippen LogP contribution in [-0.4, -0.2) is 23.4 Å². The second-order valence-electron chi connectivity index (χ2n) is 9.19. The highest BCUT2D eigenvalue weighted by molar-refractivity contribution is 7.17. The second kappa shape index (κ2) is 16.3. The van der Waals surface area contributed by atoms with Gasteiger partial charge in [-0.3, -0.25) is 0 Å². The fraction of sp³-hybridized carbons (Fsp3) is 0.533. The quantitative estimate of drug-likeness (QED) is 0.165. The van der Waals surface area contributed by atoms with Gasteiger partial charge in [0.1, 0.15) is 21.5 Å². The predicted octanol–water partition coefficient (Wildman–Crippen LogP) is 9.35. The van der Waals surface area contributed by atoms with E-state index in [0.29, 0.717) is 0 Å². The van der Waals surface area contributed by atoms with Crippen molar-refractivity contribution in [2.75, 3.05) is 13.2 Å². The Morgan fingerprint density at radius 1 is 0.514 bits per heavy atom. The molecule has 0 saturated heterocycles. The molecule has 0 spiro atoms. The number of nitrogens with zero attached hydrogens (tertiary/aromatic N) is 2. The van der Waals surface area contributed by atoms with Gasteiger partial charge in [-0.1, -0.05) is 89.4 Å². The van der Waals surface area contributed by atoms with Crippen LogP contribution in [0.1, 0.15) is 90.9 Å². The van der Waals surface area contributed by atoms with Crippen LogP contribution >= 0.6 is 11.3 Å². The summed E-state index contributed by atoms with van der Waals surface area (Å²) in [7, 11) is 0. The van der Waals surface area contributed by atoms with E-state index in [4.69, 9.17) is 9.47 Å². The van der Waals surface area contributed by atoms with Gasteiger partial charge in [0.15, 0.2) is 0 Å². The lowest BCUT2D eigenvalue weighted by Gasteiger charge is -2.06. The molecule has 0 N–H and O–H groups in total. The molecule has 3 rings (SSSR count). The molecule has 0 radical (unpaired) electrons. The monoisotopic (exact) mass is 494 g/mol. The first-order valence-electron chi connectivity index (χ1n) is 13.6. The van der Waals surface area contributed by atoms with Crippen molar-refractivity contribution in [3.8, 4) is 32.6 Å². The van der Waals surface area contributed by atoms with E-state index in [1.54, 1.807) is 11.3 Å². The van der Waals surface area contributed by atoms with E-state index in [1.807, 2.05) is 24.3 Å². The minimum Gasteiger partial charge on any atom is -0.494 e. The van der Waals surface area contributed by atoms with Gasteiger partial charge >= 0.3 is 0 Å². The lowest BCUT2D eigenvalue weighted by molar-refractivity contribution is 0.304. The van der Waals surface area contributed by atoms with Crippen molar-refractivity contribution in [3.05, 3.63) is 48.5 Å². The van der Waals surface area contributed by atoms with E-state index in [1.165, 1.54) is 64.2 Å². The molecule has 0 aliphatic carbocycles. The predicted molar refractivity (Wildman–Crippen MR) is 149 cm³/mol. The minimum atomic E-state index is 0.785. The van der Waals surface area contributed by atoms with Gasteiger partial charge in [0.05, 0.1) is 13.2 Å². The molecule has 1 heterocycles. The maximum absolute atomic E-state index is 5.90. The summed E-state index contributed by atoms with van der Waals surface area (Å²) in [6.45, 7) is 6.07. The van der Waals surface area contributed by atoms with Crippen molar-refractivity contribution in [1.82, 2.24) is 10.2 Å². The van der Waals surface area contributed by atoms with Crippen molar-refractivity contribution in [2.24, 2.45) is 0 Å². The van der Waals surface area contributed by atoms with Crippen LogP contribution in [-0.2, 0) is 0 Å². The summed E-state index contributed by atoms with van der Waals surface area (Å²) in [6.07, 6.45) is 15.3. The maximum atomic E-state index is 5.90. The Balaban J connectivity index is 1.41. The van der Waals surface area contributed by atoms with Crippen molar-refractivity contribution in [2.45, 2.75) is 90.9 Å². The van der Waals surface area contributed by atoms with Crippen molar-refractivity contribution in [3.63, 3.8) is 0 Å². The molecule has 3 aromatic rings. The van der Waals surface area contributed by atoms with E-state index >= 15 is 0 Å². The number of ether oxygens (including phenoxy) is 2. The first-order chi connectivity index (χ1) is 17.3. The Morgan fingerprint density at radius 2 is 0.886 bits per heavy atom. The molecule has 0 aliphatic rings. The maximum Gasteiger partial charge on any atom is 0.148 e.